The number of rotatable bonds is 9. The number of likely N-dealkylation sites (tertiary alicyclic amines) is 1. The summed E-state index contributed by atoms with van der Waals surface area (Å²) in [5.41, 5.74) is 0.352. The monoisotopic (exact) mass is 352 g/mol. The molecule has 2 fully saturated rings. The molecule has 1 aliphatic carbocycles. The summed E-state index contributed by atoms with van der Waals surface area (Å²) < 4.78 is 5.39. The number of unbranched alkanes of at least 4 members (excludes halogenated alkanes) is 1. The molecule has 0 aromatic carbocycles. The average Bonchev–Trinajstić information content (AvgIpc) is 2.68. The molecule has 1 heterocycles. The Kier molecular flexibility index (Phi) is 9.63. The Morgan fingerprint density at radius 1 is 1.00 bits per heavy atom. The standard InChI is InChI=1S/C20H40N4O/c1-3-25-17-11-8-14-22-19(21-2)23-18-20(12-6-4-7-13-20)24-15-9-5-10-16-24/h3-18H2,1-2H3,(H2,21,22,23). The molecule has 5 heteroatoms. The average molecular weight is 353 g/mol. The number of hydrogen-bond acceptors (Lipinski definition) is 3. The Labute approximate surface area is 155 Å². The molecule has 0 atom stereocenters. The van der Waals surface area contributed by atoms with Crippen molar-refractivity contribution >= 4 is 5.96 Å². The Hall–Kier alpha value is -0.810. The predicted octanol–water partition coefficient (Wildman–Crippen LogP) is 3.16. The lowest BCUT2D eigenvalue weighted by atomic mass is 9.79. The Morgan fingerprint density at radius 3 is 2.40 bits per heavy atom. The normalized spacial score (nSPS) is 21.9. The molecule has 0 unspecified atom stereocenters. The molecular formula is C20H40N4O. The van der Waals surface area contributed by atoms with Gasteiger partial charge >= 0.3 is 0 Å². The summed E-state index contributed by atoms with van der Waals surface area (Å²) in [7, 11) is 1.88. The van der Waals surface area contributed by atoms with Gasteiger partial charge in [0.15, 0.2) is 5.96 Å². The molecule has 0 spiro atoms. The number of hydrogen-bond donors (Lipinski definition) is 2. The first-order chi connectivity index (χ1) is 12.3. The molecule has 146 valence electrons. The van der Waals surface area contributed by atoms with Gasteiger partial charge in [-0.15, -0.1) is 0 Å². The van der Waals surface area contributed by atoms with Crippen molar-refractivity contribution in [1.82, 2.24) is 15.5 Å². The first-order valence-electron chi connectivity index (χ1n) is 10.6. The molecule has 2 rings (SSSR count). The first-order valence-corrected chi connectivity index (χ1v) is 10.6. The summed E-state index contributed by atoms with van der Waals surface area (Å²) in [4.78, 5) is 7.22. The lowest BCUT2D eigenvalue weighted by Crippen LogP contribution is -2.59. The third kappa shape index (κ3) is 6.78. The third-order valence-corrected chi connectivity index (χ3v) is 5.83. The molecule has 0 radical (unpaired) electrons. The maximum Gasteiger partial charge on any atom is 0.191 e. The molecule has 0 aromatic heterocycles. The SMILES string of the molecule is CCOCCCCNC(=NC)NCC1(N2CCCCC2)CCCCC1. The van der Waals surface area contributed by atoms with Crippen molar-refractivity contribution < 1.29 is 4.74 Å². The fraction of sp³-hybridized carbons (Fsp3) is 0.950. The van der Waals surface area contributed by atoms with Crippen LogP contribution in [-0.2, 0) is 4.74 Å². The Balaban J connectivity index is 1.77. The van der Waals surface area contributed by atoms with Gasteiger partial charge in [-0.3, -0.25) is 9.89 Å². The number of guanidine groups is 1. The van der Waals surface area contributed by atoms with Gasteiger partial charge < -0.3 is 15.4 Å². The molecular weight excluding hydrogens is 312 g/mol. The Morgan fingerprint density at radius 2 is 1.72 bits per heavy atom. The topological polar surface area (TPSA) is 48.9 Å². The highest BCUT2D eigenvalue weighted by Crippen LogP contribution is 2.35. The van der Waals surface area contributed by atoms with E-state index in [1.54, 1.807) is 0 Å². The van der Waals surface area contributed by atoms with E-state index in [0.29, 0.717) is 5.54 Å². The largest absolute Gasteiger partial charge is 0.382 e. The summed E-state index contributed by atoms with van der Waals surface area (Å²) in [5.74, 6) is 0.957. The Bertz CT molecular complexity index is 374. The van der Waals surface area contributed by atoms with Crippen molar-refractivity contribution in [1.29, 1.82) is 0 Å². The van der Waals surface area contributed by atoms with Crippen LogP contribution < -0.4 is 10.6 Å². The van der Waals surface area contributed by atoms with Crippen LogP contribution in [0.1, 0.15) is 71.1 Å². The van der Waals surface area contributed by atoms with Gasteiger partial charge in [-0.2, -0.15) is 0 Å². The van der Waals surface area contributed by atoms with Crippen molar-refractivity contribution in [2.75, 3.05) is 46.4 Å². The highest BCUT2D eigenvalue weighted by Gasteiger charge is 2.38. The zero-order valence-corrected chi connectivity index (χ0v) is 16.6. The lowest BCUT2D eigenvalue weighted by molar-refractivity contribution is 0.0368. The molecule has 5 nitrogen and oxygen atoms in total. The van der Waals surface area contributed by atoms with Crippen LogP contribution in [0.5, 0.6) is 0 Å². The fourth-order valence-electron chi connectivity index (χ4n) is 4.33. The maximum atomic E-state index is 5.39. The van der Waals surface area contributed by atoms with Crippen LogP contribution in [0.3, 0.4) is 0 Å². The van der Waals surface area contributed by atoms with E-state index in [1.165, 1.54) is 64.5 Å². The van der Waals surface area contributed by atoms with Crippen LogP contribution in [0.25, 0.3) is 0 Å². The molecule has 1 saturated heterocycles. The smallest absolute Gasteiger partial charge is 0.191 e. The number of nitrogens with zero attached hydrogens (tertiary/aromatic N) is 2. The van der Waals surface area contributed by atoms with E-state index in [1.807, 2.05) is 14.0 Å². The van der Waals surface area contributed by atoms with Gasteiger partial charge in [0.25, 0.3) is 0 Å². The summed E-state index contributed by atoms with van der Waals surface area (Å²) in [6.45, 7) is 8.29. The van der Waals surface area contributed by atoms with Crippen LogP contribution >= 0.6 is 0 Å². The minimum Gasteiger partial charge on any atom is -0.382 e. The van der Waals surface area contributed by atoms with Gasteiger partial charge in [0.1, 0.15) is 0 Å². The van der Waals surface area contributed by atoms with Crippen LogP contribution in [-0.4, -0.2) is 62.8 Å². The quantitative estimate of drug-likeness (QED) is 0.380. The van der Waals surface area contributed by atoms with Crippen molar-refractivity contribution in [2.45, 2.75) is 76.7 Å². The second-order valence-electron chi connectivity index (χ2n) is 7.59. The summed E-state index contributed by atoms with van der Waals surface area (Å²) in [6, 6.07) is 0. The van der Waals surface area contributed by atoms with Gasteiger partial charge in [-0.1, -0.05) is 25.7 Å². The molecule has 2 aliphatic rings. The number of nitrogens with one attached hydrogen (secondary N) is 2. The highest BCUT2D eigenvalue weighted by atomic mass is 16.5. The van der Waals surface area contributed by atoms with Crippen molar-refractivity contribution in [3.8, 4) is 0 Å². The lowest BCUT2D eigenvalue weighted by Gasteiger charge is -2.48. The molecule has 25 heavy (non-hydrogen) atoms. The van der Waals surface area contributed by atoms with Crippen molar-refractivity contribution in [2.24, 2.45) is 4.99 Å². The van der Waals surface area contributed by atoms with E-state index in [2.05, 4.69) is 20.5 Å². The van der Waals surface area contributed by atoms with E-state index in [9.17, 15) is 0 Å². The van der Waals surface area contributed by atoms with Crippen LogP contribution in [0.4, 0.5) is 0 Å². The maximum absolute atomic E-state index is 5.39. The molecule has 1 aliphatic heterocycles. The minimum absolute atomic E-state index is 0.352. The van der Waals surface area contributed by atoms with E-state index < -0.39 is 0 Å². The van der Waals surface area contributed by atoms with E-state index in [0.717, 1.165) is 45.1 Å². The molecule has 0 bridgehead atoms. The third-order valence-electron chi connectivity index (χ3n) is 5.83. The zero-order chi connectivity index (χ0) is 17.8. The van der Waals surface area contributed by atoms with Crippen LogP contribution in [0.15, 0.2) is 4.99 Å². The van der Waals surface area contributed by atoms with Gasteiger partial charge in [0.2, 0.25) is 0 Å². The van der Waals surface area contributed by atoms with Gasteiger partial charge in [0.05, 0.1) is 0 Å². The van der Waals surface area contributed by atoms with Gasteiger partial charge in [-0.25, -0.2) is 0 Å². The molecule has 0 aromatic rings. The van der Waals surface area contributed by atoms with Crippen LogP contribution in [0.2, 0.25) is 0 Å². The van der Waals surface area contributed by atoms with Gasteiger partial charge in [-0.05, 0) is 58.5 Å². The molecule has 0 amide bonds. The number of piperidine rings is 1. The summed E-state index contributed by atoms with van der Waals surface area (Å²) in [5, 5.41) is 7.12. The van der Waals surface area contributed by atoms with Crippen molar-refractivity contribution in [3.63, 3.8) is 0 Å². The number of ether oxygens (including phenoxy) is 1. The fourth-order valence-corrected chi connectivity index (χ4v) is 4.33. The molecule has 1 saturated carbocycles. The predicted molar refractivity (Wildman–Crippen MR) is 106 cm³/mol. The van der Waals surface area contributed by atoms with Gasteiger partial charge in [0, 0.05) is 38.9 Å². The van der Waals surface area contributed by atoms with E-state index in [4.69, 9.17) is 4.74 Å². The second-order valence-corrected chi connectivity index (χ2v) is 7.59. The van der Waals surface area contributed by atoms with Crippen LogP contribution in [0, 0.1) is 0 Å². The summed E-state index contributed by atoms with van der Waals surface area (Å²) in [6.07, 6.45) is 13.2. The minimum atomic E-state index is 0.352. The highest BCUT2D eigenvalue weighted by molar-refractivity contribution is 5.79. The zero-order valence-electron chi connectivity index (χ0n) is 16.6. The van der Waals surface area contributed by atoms with Crippen molar-refractivity contribution in [3.05, 3.63) is 0 Å². The second kappa shape index (κ2) is 11.7. The first kappa shape index (κ1) is 20.5. The van der Waals surface area contributed by atoms with E-state index in [-0.39, 0.29) is 0 Å². The molecule has 2 N–H and O–H groups in total. The van der Waals surface area contributed by atoms with E-state index >= 15 is 0 Å². The number of aliphatic imine (C=N–C) groups is 1. The summed E-state index contributed by atoms with van der Waals surface area (Å²) >= 11 is 0.